The Morgan fingerprint density at radius 3 is 2.73 bits per heavy atom. The van der Waals surface area contributed by atoms with E-state index in [1.165, 1.54) is 28.1 Å². The van der Waals surface area contributed by atoms with Crippen LogP contribution in [-0.4, -0.2) is 16.7 Å². The van der Waals surface area contributed by atoms with Gasteiger partial charge in [0, 0.05) is 28.4 Å². The molecule has 0 saturated heterocycles. The summed E-state index contributed by atoms with van der Waals surface area (Å²) in [6, 6.07) is 16.2. The van der Waals surface area contributed by atoms with E-state index in [0.717, 1.165) is 12.1 Å². The fraction of sp³-hybridized carbons (Fsp3) is 0.143. The zero-order chi connectivity index (χ0) is 18.1. The molecule has 2 heterocycles. The Bertz CT molecular complexity index is 1130. The molecule has 0 fully saturated rings. The number of furan rings is 1. The summed E-state index contributed by atoms with van der Waals surface area (Å²) in [4.78, 5) is 12.1. The lowest BCUT2D eigenvalue weighted by Crippen LogP contribution is -2.17. The van der Waals surface area contributed by atoms with E-state index in [1.807, 2.05) is 6.07 Å². The number of rotatable bonds is 4. The van der Waals surface area contributed by atoms with E-state index in [4.69, 9.17) is 4.42 Å². The van der Waals surface area contributed by atoms with Crippen LogP contribution < -0.4 is 5.43 Å². The van der Waals surface area contributed by atoms with Crippen molar-refractivity contribution in [2.45, 2.75) is 20.4 Å². The van der Waals surface area contributed by atoms with Crippen LogP contribution in [0.2, 0.25) is 0 Å². The van der Waals surface area contributed by atoms with Crippen LogP contribution in [0.15, 0.2) is 64.3 Å². The predicted molar refractivity (Wildman–Crippen MR) is 104 cm³/mol. The Hall–Kier alpha value is -3.34. The van der Waals surface area contributed by atoms with Crippen LogP contribution in [-0.2, 0) is 6.54 Å². The summed E-state index contributed by atoms with van der Waals surface area (Å²) >= 11 is 0. The summed E-state index contributed by atoms with van der Waals surface area (Å²) in [6.45, 7) is 4.81. The summed E-state index contributed by atoms with van der Waals surface area (Å²) in [5.41, 5.74) is 6.38. The first kappa shape index (κ1) is 16.1. The molecule has 2 aromatic heterocycles. The second-order valence-electron chi connectivity index (χ2n) is 6.13. The molecule has 1 N–H and O–H groups in total. The highest BCUT2D eigenvalue weighted by molar-refractivity contribution is 6.09. The number of benzene rings is 2. The molecule has 0 spiro atoms. The molecular weight excluding hydrogens is 326 g/mol. The monoisotopic (exact) mass is 345 g/mol. The van der Waals surface area contributed by atoms with Crippen LogP contribution in [0.25, 0.3) is 21.8 Å². The largest absolute Gasteiger partial charge is 0.469 e. The average molecular weight is 345 g/mol. The standard InChI is InChI=1S/C21H19N3O2/c1-3-24-19-7-5-4-6-17(19)18-12-15(8-9-20(18)24)13-22-23-21(25)16-10-11-26-14(16)2/h4-13H,3H2,1-2H3,(H,23,25)/b22-13+. The molecule has 0 radical (unpaired) electrons. The molecule has 0 bridgehead atoms. The van der Waals surface area contributed by atoms with Gasteiger partial charge in [-0.15, -0.1) is 0 Å². The van der Waals surface area contributed by atoms with Gasteiger partial charge in [-0.25, -0.2) is 5.43 Å². The van der Waals surface area contributed by atoms with Gasteiger partial charge in [0.1, 0.15) is 5.76 Å². The molecule has 2 aromatic carbocycles. The topological polar surface area (TPSA) is 59.5 Å². The van der Waals surface area contributed by atoms with E-state index >= 15 is 0 Å². The van der Waals surface area contributed by atoms with Crippen molar-refractivity contribution in [2.75, 3.05) is 0 Å². The molecule has 4 aromatic rings. The molecule has 0 unspecified atom stereocenters. The van der Waals surface area contributed by atoms with Crippen LogP contribution in [0, 0.1) is 6.92 Å². The normalized spacial score (nSPS) is 11.6. The second kappa shape index (κ2) is 6.52. The first-order chi connectivity index (χ1) is 12.7. The summed E-state index contributed by atoms with van der Waals surface area (Å²) in [5.74, 6) is 0.294. The van der Waals surface area contributed by atoms with Gasteiger partial charge in [0.2, 0.25) is 0 Å². The first-order valence-corrected chi connectivity index (χ1v) is 8.57. The third-order valence-electron chi connectivity index (χ3n) is 4.60. The van der Waals surface area contributed by atoms with Gasteiger partial charge in [-0.05, 0) is 43.7 Å². The van der Waals surface area contributed by atoms with Crippen LogP contribution in [0.1, 0.15) is 28.6 Å². The van der Waals surface area contributed by atoms with Crippen molar-refractivity contribution < 1.29 is 9.21 Å². The predicted octanol–water partition coefficient (Wildman–Crippen LogP) is 4.48. The highest BCUT2D eigenvalue weighted by Gasteiger charge is 2.11. The minimum Gasteiger partial charge on any atom is -0.469 e. The molecule has 0 atom stereocenters. The molecule has 5 nitrogen and oxygen atoms in total. The van der Waals surface area contributed by atoms with Gasteiger partial charge >= 0.3 is 0 Å². The maximum atomic E-state index is 12.1. The second-order valence-corrected chi connectivity index (χ2v) is 6.13. The van der Waals surface area contributed by atoms with Gasteiger partial charge in [0.25, 0.3) is 5.91 Å². The fourth-order valence-corrected chi connectivity index (χ4v) is 3.34. The van der Waals surface area contributed by atoms with E-state index in [-0.39, 0.29) is 5.91 Å². The highest BCUT2D eigenvalue weighted by Crippen LogP contribution is 2.29. The lowest BCUT2D eigenvalue weighted by atomic mass is 10.1. The number of fused-ring (bicyclic) bond motifs is 3. The Morgan fingerprint density at radius 2 is 1.96 bits per heavy atom. The third kappa shape index (κ3) is 2.67. The summed E-state index contributed by atoms with van der Waals surface area (Å²) < 4.78 is 7.44. The molecule has 26 heavy (non-hydrogen) atoms. The number of carbonyl (C=O) groups is 1. The van der Waals surface area contributed by atoms with E-state index in [9.17, 15) is 4.79 Å². The van der Waals surface area contributed by atoms with Gasteiger partial charge in [0.05, 0.1) is 18.0 Å². The average Bonchev–Trinajstić information content (AvgIpc) is 3.22. The van der Waals surface area contributed by atoms with Crippen molar-refractivity contribution >= 4 is 33.9 Å². The number of amides is 1. The van der Waals surface area contributed by atoms with E-state index in [0.29, 0.717) is 11.3 Å². The molecule has 0 aliphatic carbocycles. The van der Waals surface area contributed by atoms with Crippen LogP contribution in [0.3, 0.4) is 0 Å². The van der Waals surface area contributed by atoms with E-state index in [2.05, 4.69) is 58.4 Å². The zero-order valence-corrected chi connectivity index (χ0v) is 14.7. The van der Waals surface area contributed by atoms with Gasteiger partial charge in [-0.1, -0.05) is 24.3 Å². The summed E-state index contributed by atoms with van der Waals surface area (Å²) in [7, 11) is 0. The SMILES string of the molecule is CCn1c2ccccc2c2cc(/C=N/NC(=O)c3ccoc3C)ccc21. The summed E-state index contributed by atoms with van der Waals surface area (Å²) in [6.07, 6.45) is 3.15. The highest BCUT2D eigenvalue weighted by atomic mass is 16.3. The minimum atomic E-state index is -0.281. The van der Waals surface area contributed by atoms with Crippen molar-refractivity contribution in [3.05, 3.63) is 71.7 Å². The Labute approximate surface area is 150 Å². The Balaban J connectivity index is 1.64. The van der Waals surface area contributed by atoms with Gasteiger partial charge in [0.15, 0.2) is 0 Å². The number of aryl methyl sites for hydroxylation is 2. The molecule has 0 saturated carbocycles. The molecule has 130 valence electrons. The maximum absolute atomic E-state index is 12.1. The Morgan fingerprint density at radius 1 is 1.15 bits per heavy atom. The number of hydrazone groups is 1. The lowest BCUT2D eigenvalue weighted by Gasteiger charge is -2.02. The van der Waals surface area contributed by atoms with Crippen molar-refractivity contribution in [1.82, 2.24) is 9.99 Å². The Kier molecular flexibility index (Phi) is 4.05. The fourth-order valence-electron chi connectivity index (χ4n) is 3.34. The van der Waals surface area contributed by atoms with Crippen molar-refractivity contribution in [2.24, 2.45) is 5.10 Å². The van der Waals surface area contributed by atoms with Crippen molar-refractivity contribution in [1.29, 1.82) is 0 Å². The number of hydrogen-bond donors (Lipinski definition) is 1. The van der Waals surface area contributed by atoms with Gasteiger partial charge in [-0.2, -0.15) is 5.10 Å². The van der Waals surface area contributed by atoms with Crippen LogP contribution in [0.4, 0.5) is 0 Å². The molecular formula is C21H19N3O2. The first-order valence-electron chi connectivity index (χ1n) is 8.57. The molecule has 1 amide bonds. The van der Waals surface area contributed by atoms with E-state index < -0.39 is 0 Å². The minimum absolute atomic E-state index is 0.281. The maximum Gasteiger partial charge on any atom is 0.274 e. The summed E-state index contributed by atoms with van der Waals surface area (Å²) in [5, 5.41) is 6.48. The number of nitrogens with one attached hydrogen (secondary N) is 1. The third-order valence-corrected chi connectivity index (χ3v) is 4.60. The van der Waals surface area contributed by atoms with Gasteiger partial charge in [-0.3, -0.25) is 4.79 Å². The zero-order valence-electron chi connectivity index (χ0n) is 14.7. The van der Waals surface area contributed by atoms with Crippen molar-refractivity contribution in [3.8, 4) is 0 Å². The lowest BCUT2D eigenvalue weighted by molar-refractivity contribution is 0.0953. The number of para-hydroxylation sites is 1. The number of aromatic nitrogens is 1. The number of nitrogens with zero attached hydrogens (tertiary/aromatic N) is 2. The van der Waals surface area contributed by atoms with Crippen LogP contribution in [0.5, 0.6) is 0 Å². The smallest absolute Gasteiger partial charge is 0.274 e. The molecule has 4 rings (SSSR count). The van der Waals surface area contributed by atoms with Gasteiger partial charge < -0.3 is 8.98 Å². The quantitative estimate of drug-likeness (QED) is 0.438. The van der Waals surface area contributed by atoms with Crippen LogP contribution >= 0.6 is 0 Å². The molecule has 0 aliphatic rings. The van der Waals surface area contributed by atoms with E-state index in [1.54, 1.807) is 19.2 Å². The molecule has 5 heteroatoms. The van der Waals surface area contributed by atoms with Crippen molar-refractivity contribution in [3.63, 3.8) is 0 Å². The number of hydrogen-bond acceptors (Lipinski definition) is 3. The number of carbonyl (C=O) groups excluding carboxylic acids is 1. The molecule has 0 aliphatic heterocycles.